The van der Waals surface area contributed by atoms with Gasteiger partial charge in [0, 0.05) is 24.0 Å². The maximum absolute atomic E-state index is 11.0. The molecule has 0 radical (unpaired) electrons. The molecule has 0 fully saturated rings. The van der Waals surface area contributed by atoms with Gasteiger partial charge in [-0.1, -0.05) is 18.2 Å². The quantitative estimate of drug-likeness (QED) is 0.732. The van der Waals surface area contributed by atoms with Gasteiger partial charge in [0.1, 0.15) is 0 Å². The molecule has 16 heavy (non-hydrogen) atoms. The van der Waals surface area contributed by atoms with E-state index in [1.807, 2.05) is 35.0 Å². The zero-order chi connectivity index (χ0) is 11.1. The van der Waals surface area contributed by atoms with E-state index in [9.17, 15) is 4.79 Å². The number of benzene rings is 1. The average Bonchev–Trinajstić information content (AvgIpc) is 2.57. The van der Waals surface area contributed by atoms with Crippen LogP contribution in [0, 0.1) is 0 Å². The van der Waals surface area contributed by atoms with Crippen molar-refractivity contribution >= 4 is 23.2 Å². The van der Waals surface area contributed by atoms with Crippen molar-refractivity contribution in [1.29, 1.82) is 0 Å². The van der Waals surface area contributed by atoms with E-state index >= 15 is 0 Å². The first kappa shape index (κ1) is 9.03. The second-order valence-corrected chi connectivity index (χ2v) is 3.79. The highest BCUT2D eigenvalue weighted by Gasteiger charge is 2.15. The summed E-state index contributed by atoms with van der Waals surface area (Å²) in [6, 6.07) is 7.97. The number of para-hydroxylation sites is 1. The average molecular weight is 214 g/mol. The fraction of sp³-hybridized carbons (Fsp3) is 0.0833. The third-order valence-electron chi connectivity index (χ3n) is 2.82. The predicted molar refractivity (Wildman–Crippen MR) is 60.8 cm³/mol. The Bertz CT molecular complexity index is 598. The van der Waals surface area contributed by atoms with Crippen LogP contribution in [0.4, 0.5) is 4.79 Å². The summed E-state index contributed by atoms with van der Waals surface area (Å²) in [4.78, 5) is 12.2. The van der Waals surface area contributed by atoms with Gasteiger partial charge in [-0.25, -0.2) is 4.79 Å². The molecular formula is C12H10N2O2. The zero-order valence-electron chi connectivity index (χ0n) is 8.50. The van der Waals surface area contributed by atoms with E-state index in [2.05, 4.69) is 0 Å². The van der Waals surface area contributed by atoms with Gasteiger partial charge in [0.25, 0.3) is 0 Å². The number of hydrogen-bond acceptors (Lipinski definition) is 1. The predicted octanol–water partition coefficient (Wildman–Crippen LogP) is 2.56. The Morgan fingerprint density at radius 3 is 2.94 bits per heavy atom. The Balaban J connectivity index is 2.24. The second kappa shape index (κ2) is 3.13. The first-order chi connectivity index (χ1) is 7.75. The molecular weight excluding hydrogens is 204 g/mol. The Kier molecular flexibility index (Phi) is 1.77. The van der Waals surface area contributed by atoms with Crippen molar-refractivity contribution in [2.75, 3.05) is 0 Å². The Hall–Kier alpha value is -2.23. The fourth-order valence-electron chi connectivity index (χ4n) is 2.07. The zero-order valence-corrected chi connectivity index (χ0v) is 8.50. The summed E-state index contributed by atoms with van der Waals surface area (Å²) in [5.74, 6) is 0. The molecule has 0 aliphatic carbocycles. The van der Waals surface area contributed by atoms with Gasteiger partial charge in [-0.15, -0.1) is 0 Å². The summed E-state index contributed by atoms with van der Waals surface area (Å²) in [6.07, 6.45) is 4.36. The minimum atomic E-state index is -0.931. The lowest BCUT2D eigenvalue weighted by Crippen LogP contribution is -2.22. The number of carbonyl (C=O) groups is 1. The molecule has 0 saturated heterocycles. The smallest absolute Gasteiger partial charge is 0.411 e. The van der Waals surface area contributed by atoms with Gasteiger partial charge < -0.3 is 9.67 Å². The largest absolute Gasteiger partial charge is 0.465 e. The molecule has 0 unspecified atom stereocenters. The van der Waals surface area contributed by atoms with Crippen LogP contribution in [0.3, 0.4) is 0 Å². The van der Waals surface area contributed by atoms with E-state index in [1.54, 1.807) is 12.4 Å². The van der Waals surface area contributed by atoms with Gasteiger partial charge in [-0.2, -0.15) is 0 Å². The van der Waals surface area contributed by atoms with Crippen LogP contribution in [0.15, 0.2) is 36.7 Å². The molecule has 0 spiro atoms. The molecule has 4 nitrogen and oxygen atoms in total. The number of amides is 1. The number of rotatable bonds is 0. The number of hydrogen-bond donors (Lipinski definition) is 1. The molecule has 0 bridgehead atoms. The first-order valence-corrected chi connectivity index (χ1v) is 5.02. The molecule has 1 aliphatic rings. The van der Waals surface area contributed by atoms with Crippen molar-refractivity contribution in [1.82, 2.24) is 9.47 Å². The van der Waals surface area contributed by atoms with Crippen LogP contribution in [-0.4, -0.2) is 20.7 Å². The van der Waals surface area contributed by atoms with E-state index in [1.165, 1.54) is 4.90 Å². The number of nitrogens with zero attached hydrogens (tertiary/aromatic N) is 2. The molecule has 1 N–H and O–H groups in total. The summed E-state index contributed by atoms with van der Waals surface area (Å²) in [6.45, 7) is 0.396. The van der Waals surface area contributed by atoms with Crippen LogP contribution < -0.4 is 0 Å². The van der Waals surface area contributed by atoms with Gasteiger partial charge in [-0.3, -0.25) is 4.90 Å². The second-order valence-electron chi connectivity index (χ2n) is 3.79. The summed E-state index contributed by atoms with van der Waals surface area (Å²) in [5.41, 5.74) is 2.11. The lowest BCUT2D eigenvalue weighted by molar-refractivity contribution is 0.161. The van der Waals surface area contributed by atoms with E-state index < -0.39 is 6.09 Å². The summed E-state index contributed by atoms with van der Waals surface area (Å²) in [7, 11) is 0. The van der Waals surface area contributed by atoms with Crippen LogP contribution in [0.1, 0.15) is 5.56 Å². The van der Waals surface area contributed by atoms with Gasteiger partial charge in [-0.05, 0) is 11.6 Å². The van der Waals surface area contributed by atoms with Crippen LogP contribution in [0.25, 0.3) is 17.1 Å². The SMILES string of the molecule is O=C(O)N1C=Cn2ccc3cccc(c32)C1. The highest BCUT2D eigenvalue weighted by molar-refractivity contribution is 5.86. The van der Waals surface area contributed by atoms with Gasteiger partial charge >= 0.3 is 6.09 Å². The van der Waals surface area contributed by atoms with Crippen LogP contribution in [-0.2, 0) is 6.54 Å². The standard InChI is InChI=1S/C12H10N2O2/c15-12(16)14-7-6-13-5-4-9-2-1-3-10(8-14)11(9)13/h1-7H,8H2,(H,15,16). The lowest BCUT2D eigenvalue weighted by atomic mass is 10.1. The van der Waals surface area contributed by atoms with Crippen LogP contribution >= 0.6 is 0 Å². The Morgan fingerprint density at radius 2 is 2.12 bits per heavy atom. The van der Waals surface area contributed by atoms with Crippen molar-refractivity contribution < 1.29 is 9.90 Å². The Morgan fingerprint density at radius 1 is 1.25 bits per heavy atom. The van der Waals surface area contributed by atoms with Gasteiger partial charge in [0.05, 0.1) is 12.1 Å². The topological polar surface area (TPSA) is 45.5 Å². The minimum Gasteiger partial charge on any atom is -0.465 e. The molecule has 1 aromatic carbocycles. The molecule has 1 amide bonds. The normalized spacial score (nSPS) is 14.1. The van der Waals surface area contributed by atoms with E-state index in [-0.39, 0.29) is 0 Å². The van der Waals surface area contributed by atoms with Crippen molar-refractivity contribution in [2.24, 2.45) is 0 Å². The van der Waals surface area contributed by atoms with E-state index in [4.69, 9.17) is 5.11 Å². The van der Waals surface area contributed by atoms with Crippen molar-refractivity contribution in [3.05, 3.63) is 42.2 Å². The minimum absolute atomic E-state index is 0.396. The summed E-state index contributed by atoms with van der Waals surface area (Å²) >= 11 is 0. The highest BCUT2D eigenvalue weighted by atomic mass is 16.4. The van der Waals surface area contributed by atoms with Crippen molar-refractivity contribution in [3.63, 3.8) is 0 Å². The first-order valence-electron chi connectivity index (χ1n) is 5.02. The molecule has 1 aromatic heterocycles. The van der Waals surface area contributed by atoms with E-state index in [0.29, 0.717) is 6.54 Å². The number of carboxylic acid groups (broad SMARTS) is 1. The van der Waals surface area contributed by atoms with Crippen molar-refractivity contribution in [2.45, 2.75) is 6.54 Å². The molecule has 3 rings (SSSR count). The third-order valence-corrected chi connectivity index (χ3v) is 2.82. The lowest BCUT2D eigenvalue weighted by Gasteiger charge is -2.12. The monoisotopic (exact) mass is 214 g/mol. The fourth-order valence-corrected chi connectivity index (χ4v) is 2.07. The van der Waals surface area contributed by atoms with E-state index in [0.717, 1.165) is 16.5 Å². The maximum Gasteiger partial charge on any atom is 0.411 e. The van der Waals surface area contributed by atoms with Crippen LogP contribution in [0.5, 0.6) is 0 Å². The highest BCUT2D eigenvalue weighted by Crippen LogP contribution is 2.24. The molecule has 0 saturated carbocycles. The molecule has 2 aromatic rings. The van der Waals surface area contributed by atoms with Crippen molar-refractivity contribution in [3.8, 4) is 0 Å². The van der Waals surface area contributed by atoms with Crippen LogP contribution in [0.2, 0.25) is 0 Å². The van der Waals surface area contributed by atoms with Gasteiger partial charge in [0.2, 0.25) is 0 Å². The molecule has 4 heteroatoms. The Labute approximate surface area is 92.0 Å². The molecule has 0 atom stereocenters. The maximum atomic E-state index is 11.0. The third kappa shape index (κ3) is 1.20. The number of aromatic nitrogens is 1. The summed E-state index contributed by atoms with van der Waals surface area (Å²) < 4.78 is 1.95. The molecule has 2 heterocycles. The molecule has 1 aliphatic heterocycles. The summed E-state index contributed by atoms with van der Waals surface area (Å²) in [5, 5.41) is 10.1. The van der Waals surface area contributed by atoms with Gasteiger partial charge in [0.15, 0.2) is 0 Å². The molecule has 80 valence electrons.